The molecule has 6 heteroatoms. The Kier molecular flexibility index (Phi) is 5.36. The fourth-order valence-corrected chi connectivity index (χ4v) is 2.46. The second-order valence-electron chi connectivity index (χ2n) is 5.86. The van der Waals surface area contributed by atoms with Crippen molar-refractivity contribution in [2.45, 2.75) is 33.7 Å². The van der Waals surface area contributed by atoms with Gasteiger partial charge in [0.25, 0.3) is 5.91 Å². The van der Waals surface area contributed by atoms with E-state index in [4.69, 9.17) is 4.74 Å². The molecule has 0 bridgehead atoms. The zero-order chi connectivity index (χ0) is 17.0. The lowest BCUT2D eigenvalue weighted by Crippen LogP contribution is -2.27. The fourth-order valence-electron chi connectivity index (χ4n) is 2.46. The molecule has 1 amide bonds. The van der Waals surface area contributed by atoms with E-state index < -0.39 is 0 Å². The molecule has 0 N–H and O–H groups in total. The first-order valence-corrected chi connectivity index (χ1v) is 7.80. The van der Waals surface area contributed by atoms with Crippen molar-refractivity contribution in [2.24, 2.45) is 5.92 Å². The molecule has 2 aromatic rings. The van der Waals surface area contributed by atoms with E-state index in [2.05, 4.69) is 23.9 Å². The van der Waals surface area contributed by atoms with E-state index in [-0.39, 0.29) is 5.91 Å². The summed E-state index contributed by atoms with van der Waals surface area (Å²) in [5.74, 6) is 0.920. The first-order chi connectivity index (χ1) is 11.0. The van der Waals surface area contributed by atoms with Crippen LogP contribution in [0.4, 0.5) is 5.69 Å². The van der Waals surface area contributed by atoms with Crippen LogP contribution in [0.5, 0.6) is 5.88 Å². The second-order valence-corrected chi connectivity index (χ2v) is 5.86. The van der Waals surface area contributed by atoms with Gasteiger partial charge in [-0.25, -0.2) is 4.98 Å². The number of hydrogen-bond donors (Lipinski definition) is 0. The number of aromatic nitrogens is 3. The first-order valence-electron chi connectivity index (χ1n) is 7.80. The third kappa shape index (κ3) is 3.70. The molecule has 0 fully saturated rings. The van der Waals surface area contributed by atoms with Gasteiger partial charge >= 0.3 is 0 Å². The van der Waals surface area contributed by atoms with Crippen LogP contribution >= 0.6 is 0 Å². The minimum Gasteiger partial charge on any atom is -0.481 e. The summed E-state index contributed by atoms with van der Waals surface area (Å²) < 4.78 is 6.97. The summed E-state index contributed by atoms with van der Waals surface area (Å²) in [6.07, 6.45) is 4.06. The largest absolute Gasteiger partial charge is 0.481 e. The van der Waals surface area contributed by atoms with Gasteiger partial charge in [0.1, 0.15) is 0 Å². The monoisotopic (exact) mass is 316 g/mol. The molecule has 6 nitrogen and oxygen atoms in total. The van der Waals surface area contributed by atoms with E-state index in [9.17, 15) is 4.79 Å². The van der Waals surface area contributed by atoms with Crippen LogP contribution in [0.25, 0.3) is 0 Å². The Labute approximate surface area is 137 Å². The van der Waals surface area contributed by atoms with E-state index in [1.54, 1.807) is 37.5 Å². The summed E-state index contributed by atoms with van der Waals surface area (Å²) in [5.41, 5.74) is 2.33. The molecule has 23 heavy (non-hydrogen) atoms. The summed E-state index contributed by atoms with van der Waals surface area (Å²) in [4.78, 5) is 18.5. The summed E-state index contributed by atoms with van der Waals surface area (Å²) >= 11 is 0. The standard InChI is InChI=1S/C17H24N4O2/c1-6-15-14(10-19-21(15)11-12(2)3)17(22)20(4)13-7-8-16(23-5)18-9-13/h7-10,12H,6,11H2,1-5H3. The molecule has 0 aromatic carbocycles. The van der Waals surface area contributed by atoms with E-state index in [1.165, 1.54) is 0 Å². The van der Waals surface area contributed by atoms with Gasteiger partial charge in [0.2, 0.25) is 5.88 Å². The van der Waals surface area contributed by atoms with Crippen LogP contribution in [0.1, 0.15) is 36.8 Å². The Hall–Kier alpha value is -2.37. The SMILES string of the molecule is CCc1c(C(=O)N(C)c2ccc(OC)nc2)cnn1CC(C)C. The maximum Gasteiger partial charge on any atom is 0.261 e. The molecule has 2 aromatic heterocycles. The number of amides is 1. The van der Waals surface area contributed by atoms with Crippen molar-refractivity contribution in [2.75, 3.05) is 19.1 Å². The van der Waals surface area contributed by atoms with Gasteiger partial charge in [-0.3, -0.25) is 9.48 Å². The van der Waals surface area contributed by atoms with E-state index in [0.29, 0.717) is 17.4 Å². The van der Waals surface area contributed by atoms with Crippen molar-refractivity contribution >= 4 is 11.6 Å². The third-order valence-electron chi connectivity index (χ3n) is 3.67. The molecule has 0 saturated carbocycles. The summed E-state index contributed by atoms with van der Waals surface area (Å²) in [6, 6.07) is 3.55. The molecular formula is C17H24N4O2. The number of hydrogen-bond acceptors (Lipinski definition) is 4. The van der Waals surface area contributed by atoms with Crippen molar-refractivity contribution in [3.8, 4) is 5.88 Å². The number of carbonyl (C=O) groups excluding carboxylic acids is 1. The predicted octanol–water partition coefficient (Wildman–Crippen LogP) is 2.78. The van der Waals surface area contributed by atoms with Gasteiger partial charge in [-0.1, -0.05) is 20.8 Å². The zero-order valence-corrected chi connectivity index (χ0v) is 14.4. The van der Waals surface area contributed by atoms with E-state index in [1.807, 2.05) is 17.7 Å². The van der Waals surface area contributed by atoms with Crippen LogP contribution < -0.4 is 9.64 Å². The lowest BCUT2D eigenvalue weighted by atomic mass is 10.1. The van der Waals surface area contributed by atoms with Crippen LogP contribution in [0, 0.1) is 5.92 Å². The van der Waals surface area contributed by atoms with Crippen molar-refractivity contribution in [3.63, 3.8) is 0 Å². The molecular weight excluding hydrogens is 292 g/mol. The van der Waals surface area contributed by atoms with Gasteiger partial charge in [0.15, 0.2) is 0 Å². The minimum atomic E-state index is -0.0798. The van der Waals surface area contributed by atoms with Gasteiger partial charge in [-0.05, 0) is 18.4 Å². The van der Waals surface area contributed by atoms with E-state index >= 15 is 0 Å². The van der Waals surface area contributed by atoms with Crippen LogP contribution in [-0.4, -0.2) is 34.8 Å². The number of anilines is 1. The Morgan fingerprint density at radius 1 is 1.35 bits per heavy atom. The molecule has 0 saturated heterocycles. The molecule has 0 spiro atoms. The van der Waals surface area contributed by atoms with Crippen molar-refractivity contribution < 1.29 is 9.53 Å². The minimum absolute atomic E-state index is 0.0798. The highest BCUT2D eigenvalue weighted by Gasteiger charge is 2.21. The van der Waals surface area contributed by atoms with E-state index in [0.717, 1.165) is 24.3 Å². The maximum absolute atomic E-state index is 12.8. The lowest BCUT2D eigenvalue weighted by Gasteiger charge is -2.17. The number of methoxy groups -OCH3 is 1. The van der Waals surface area contributed by atoms with Gasteiger partial charge < -0.3 is 9.64 Å². The molecule has 2 heterocycles. The van der Waals surface area contributed by atoms with Crippen molar-refractivity contribution in [3.05, 3.63) is 35.8 Å². The number of rotatable bonds is 6. The average molecular weight is 316 g/mol. The summed E-state index contributed by atoms with van der Waals surface area (Å²) in [5, 5.41) is 4.39. The number of ether oxygens (including phenoxy) is 1. The molecule has 0 unspecified atom stereocenters. The number of carbonyl (C=O) groups is 1. The molecule has 2 rings (SSSR count). The van der Waals surface area contributed by atoms with Gasteiger partial charge in [-0.2, -0.15) is 5.10 Å². The Morgan fingerprint density at radius 3 is 2.61 bits per heavy atom. The van der Waals surface area contributed by atoms with Crippen LogP contribution in [0.3, 0.4) is 0 Å². The normalized spacial score (nSPS) is 10.9. The smallest absolute Gasteiger partial charge is 0.261 e. The van der Waals surface area contributed by atoms with Gasteiger partial charge in [0, 0.05) is 19.7 Å². The first kappa shape index (κ1) is 17.0. The Morgan fingerprint density at radius 2 is 2.09 bits per heavy atom. The van der Waals surface area contributed by atoms with Crippen molar-refractivity contribution in [1.82, 2.24) is 14.8 Å². The maximum atomic E-state index is 12.8. The highest BCUT2D eigenvalue weighted by atomic mass is 16.5. The Balaban J connectivity index is 2.26. The average Bonchev–Trinajstić information content (AvgIpc) is 2.95. The molecule has 0 radical (unpaired) electrons. The van der Waals surface area contributed by atoms with Crippen molar-refractivity contribution in [1.29, 1.82) is 0 Å². The van der Waals surface area contributed by atoms with Gasteiger partial charge in [0.05, 0.1) is 36.4 Å². The summed E-state index contributed by atoms with van der Waals surface area (Å²) in [6.45, 7) is 7.12. The topological polar surface area (TPSA) is 60.3 Å². The van der Waals surface area contributed by atoms with Crippen LogP contribution in [0.2, 0.25) is 0 Å². The molecule has 124 valence electrons. The zero-order valence-electron chi connectivity index (χ0n) is 14.4. The molecule has 0 aliphatic carbocycles. The molecule has 0 aliphatic rings. The predicted molar refractivity (Wildman–Crippen MR) is 90.0 cm³/mol. The van der Waals surface area contributed by atoms with Crippen LogP contribution in [-0.2, 0) is 13.0 Å². The number of nitrogens with zero attached hydrogens (tertiary/aromatic N) is 4. The third-order valence-corrected chi connectivity index (χ3v) is 3.67. The lowest BCUT2D eigenvalue weighted by molar-refractivity contribution is 0.0992. The second kappa shape index (κ2) is 7.26. The molecule has 0 atom stereocenters. The quantitative estimate of drug-likeness (QED) is 0.822. The number of pyridine rings is 1. The van der Waals surface area contributed by atoms with Crippen LogP contribution in [0.15, 0.2) is 24.5 Å². The van der Waals surface area contributed by atoms with Gasteiger partial charge in [-0.15, -0.1) is 0 Å². The fraction of sp³-hybridized carbons (Fsp3) is 0.471. The molecule has 0 aliphatic heterocycles. The highest BCUT2D eigenvalue weighted by Crippen LogP contribution is 2.19. The Bertz CT molecular complexity index is 662. The highest BCUT2D eigenvalue weighted by molar-refractivity contribution is 6.06. The summed E-state index contributed by atoms with van der Waals surface area (Å²) in [7, 11) is 3.30.